The van der Waals surface area contributed by atoms with Crippen LogP contribution in [0.5, 0.6) is 0 Å². The summed E-state index contributed by atoms with van der Waals surface area (Å²) in [6.07, 6.45) is 0. The van der Waals surface area contributed by atoms with Crippen molar-refractivity contribution in [1.82, 2.24) is 0 Å². The molecule has 7 heteroatoms. The number of aliphatic hydroxyl groups excluding tert-OH is 1. The first kappa shape index (κ1) is 15.3. The Morgan fingerprint density at radius 2 is 1.95 bits per heavy atom. The standard InChI is InChI=1S/C14H11ClN2O3S/c15-12-6-5-10(8-16)14(7-12)21(19,20)17-13-4-2-1-3-11(13)9-18/h1-7,17-18H,9H2. The van der Waals surface area contributed by atoms with Gasteiger partial charge in [0.1, 0.15) is 11.0 Å². The van der Waals surface area contributed by atoms with E-state index < -0.39 is 10.0 Å². The van der Waals surface area contributed by atoms with Gasteiger partial charge in [-0.25, -0.2) is 8.42 Å². The van der Waals surface area contributed by atoms with Crippen LogP contribution in [-0.4, -0.2) is 13.5 Å². The highest BCUT2D eigenvalue weighted by atomic mass is 35.5. The number of rotatable bonds is 4. The molecule has 0 saturated heterocycles. The third kappa shape index (κ3) is 3.34. The van der Waals surface area contributed by atoms with Crippen LogP contribution >= 0.6 is 11.6 Å². The van der Waals surface area contributed by atoms with Crippen LogP contribution < -0.4 is 4.72 Å². The zero-order chi connectivity index (χ0) is 15.5. The number of hydrogen-bond acceptors (Lipinski definition) is 4. The van der Waals surface area contributed by atoms with Crippen LogP contribution in [0, 0.1) is 11.3 Å². The van der Waals surface area contributed by atoms with Crippen molar-refractivity contribution >= 4 is 27.3 Å². The lowest BCUT2D eigenvalue weighted by molar-refractivity contribution is 0.282. The number of anilines is 1. The third-order valence-electron chi connectivity index (χ3n) is 2.79. The molecule has 0 bridgehead atoms. The number of halogens is 1. The van der Waals surface area contributed by atoms with Gasteiger partial charge in [0.15, 0.2) is 0 Å². The Bertz CT molecular complexity index is 813. The molecule has 0 amide bonds. The molecule has 0 spiro atoms. The predicted octanol–water partition coefficient (Wildman–Crippen LogP) is 2.50. The van der Waals surface area contributed by atoms with E-state index in [2.05, 4.69) is 4.72 Å². The van der Waals surface area contributed by atoms with Crippen molar-refractivity contribution in [2.75, 3.05) is 4.72 Å². The molecule has 5 nitrogen and oxygen atoms in total. The van der Waals surface area contributed by atoms with Gasteiger partial charge in [0, 0.05) is 10.6 Å². The highest BCUT2D eigenvalue weighted by Gasteiger charge is 2.20. The van der Waals surface area contributed by atoms with Crippen molar-refractivity contribution in [3.63, 3.8) is 0 Å². The number of para-hydroxylation sites is 1. The Morgan fingerprint density at radius 3 is 2.62 bits per heavy atom. The molecule has 0 saturated carbocycles. The second-order valence-corrected chi connectivity index (χ2v) is 6.26. The SMILES string of the molecule is N#Cc1ccc(Cl)cc1S(=O)(=O)Nc1ccccc1CO. The zero-order valence-corrected chi connectivity index (χ0v) is 12.3. The van der Waals surface area contributed by atoms with Gasteiger partial charge in [0.2, 0.25) is 0 Å². The van der Waals surface area contributed by atoms with Gasteiger partial charge in [-0.15, -0.1) is 0 Å². The minimum absolute atomic E-state index is 0.00613. The maximum Gasteiger partial charge on any atom is 0.263 e. The monoisotopic (exact) mass is 322 g/mol. The number of nitrogens with zero attached hydrogens (tertiary/aromatic N) is 1. The fraction of sp³-hybridized carbons (Fsp3) is 0.0714. The maximum atomic E-state index is 12.4. The van der Waals surface area contributed by atoms with E-state index >= 15 is 0 Å². The molecule has 0 atom stereocenters. The molecule has 2 N–H and O–H groups in total. The van der Waals surface area contributed by atoms with Crippen molar-refractivity contribution < 1.29 is 13.5 Å². The fourth-order valence-electron chi connectivity index (χ4n) is 1.77. The molecule has 0 aliphatic heterocycles. The average Bonchev–Trinajstić information content (AvgIpc) is 2.47. The summed E-state index contributed by atoms with van der Waals surface area (Å²) in [4.78, 5) is -0.203. The lowest BCUT2D eigenvalue weighted by Crippen LogP contribution is -2.15. The summed E-state index contributed by atoms with van der Waals surface area (Å²) in [5.41, 5.74) is 0.679. The molecule has 0 unspecified atom stereocenters. The van der Waals surface area contributed by atoms with E-state index in [9.17, 15) is 13.5 Å². The summed E-state index contributed by atoms with van der Waals surface area (Å²) in [6, 6.07) is 12.3. The number of hydrogen-bond donors (Lipinski definition) is 2. The average molecular weight is 323 g/mol. The van der Waals surface area contributed by atoms with Gasteiger partial charge < -0.3 is 5.11 Å². The predicted molar refractivity (Wildman–Crippen MR) is 79.3 cm³/mol. The Kier molecular flexibility index (Phi) is 4.48. The van der Waals surface area contributed by atoms with Crippen molar-refractivity contribution in [3.05, 3.63) is 58.6 Å². The molecule has 0 heterocycles. The molecular weight excluding hydrogens is 312 g/mol. The number of nitrogens with one attached hydrogen (secondary N) is 1. The van der Waals surface area contributed by atoms with E-state index in [1.165, 1.54) is 24.3 Å². The van der Waals surface area contributed by atoms with E-state index in [4.69, 9.17) is 16.9 Å². The first-order valence-corrected chi connectivity index (χ1v) is 7.75. The molecule has 2 aromatic carbocycles. The number of benzene rings is 2. The fourth-order valence-corrected chi connectivity index (χ4v) is 3.29. The molecule has 21 heavy (non-hydrogen) atoms. The van der Waals surface area contributed by atoms with Crippen molar-refractivity contribution in [3.8, 4) is 6.07 Å². The van der Waals surface area contributed by atoms with E-state index in [1.54, 1.807) is 18.2 Å². The first-order chi connectivity index (χ1) is 9.97. The molecule has 108 valence electrons. The van der Waals surface area contributed by atoms with Gasteiger partial charge >= 0.3 is 0 Å². The van der Waals surface area contributed by atoms with Crippen LogP contribution in [0.2, 0.25) is 5.02 Å². The first-order valence-electron chi connectivity index (χ1n) is 5.89. The summed E-state index contributed by atoms with van der Waals surface area (Å²) in [5, 5.41) is 18.4. The Labute approximate surface area is 127 Å². The van der Waals surface area contributed by atoms with Crippen LogP contribution in [0.3, 0.4) is 0 Å². The number of aliphatic hydroxyl groups is 1. The molecule has 0 fully saturated rings. The summed E-state index contributed by atoms with van der Waals surface area (Å²) in [6.45, 7) is -0.306. The topological polar surface area (TPSA) is 90.2 Å². The number of nitriles is 1. The van der Waals surface area contributed by atoms with Gasteiger partial charge in [0.05, 0.1) is 17.9 Å². The van der Waals surface area contributed by atoms with Crippen LogP contribution in [-0.2, 0) is 16.6 Å². The van der Waals surface area contributed by atoms with Crippen LogP contribution in [0.15, 0.2) is 47.4 Å². The molecular formula is C14H11ClN2O3S. The lowest BCUT2D eigenvalue weighted by atomic mass is 10.2. The van der Waals surface area contributed by atoms with E-state index in [-0.39, 0.29) is 27.8 Å². The number of sulfonamides is 1. The summed E-state index contributed by atoms with van der Waals surface area (Å²) in [5.74, 6) is 0. The summed E-state index contributed by atoms with van der Waals surface area (Å²) < 4.78 is 27.2. The Hall–Kier alpha value is -2.07. The summed E-state index contributed by atoms with van der Waals surface area (Å²) in [7, 11) is -3.98. The van der Waals surface area contributed by atoms with E-state index in [1.807, 2.05) is 6.07 Å². The molecule has 0 aliphatic carbocycles. The zero-order valence-electron chi connectivity index (χ0n) is 10.7. The van der Waals surface area contributed by atoms with E-state index in [0.717, 1.165) is 0 Å². The van der Waals surface area contributed by atoms with Crippen LogP contribution in [0.4, 0.5) is 5.69 Å². The third-order valence-corrected chi connectivity index (χ3v) is 4.43. The largest absolute Gasteiger partial charge is 0.392 e. The second kappa shape index (κ2) is 6.14. The smallest absolute Gasteiger partial charge is 0.263 e. The van der Waals surface area contributed by atoms with Gasteiger partial charge in [-0.1, -0.05) is 29.8 Å². The highest BCUT2D eigenvalue weighted by Crippen LogP contribution is 2.24. The quantitative estimate of drug-likeness (QED) is 0.905. The normalized spacial score (nSPS) is 10.9. The van der Waals surface area contributed by atoms with Crippen LogP contribution in [0.1, 0.15) is 11.1 Å². The van der Waals surface area contributed by atoms with Gasteiger partial charge in [-0.05, 0) is 24.3 Å². The van der Waals surface area contributed by atoms with Crippen LogP contribution in [0.25, 0.3) is 0 Å². The molecule has 2 rings (SSSR count). The van der Waals surface area contributed by atoms with Crippen molar-refractivity contribution in [2.24, 2.45) is 0 Å². The van der Waals surface area contributed by atoms with Gasteiger partial charge in [0.25, 0.3) is 10.0 Å². The molecule has 0 aliphatic rings. The van der Waals surface area contributed by atoms with Crippen molar-refractivity contribution in [1.29, 1.82) is 5.26 Å². The molecule has 2 aromatic rings. The Morgan fingerprint density at radius 1 is 1.24 bits per heavy atom. The van der Waals surface area contributed by atoms with E-state index in [0.29, 0.717) is 5.56 Å². The highest BCUT2D eigenvalue weighted by molar-refractivity contribution is 7.92. The molecule has 0 aromatic heterocycles. The summed E-state index contributed by atoms with van der Waals surface area (Å²) >= 11 is 5.80. The van der Waals surface area contributed by atoms with Crippen molar-refractivity contribution in [2.45, 2.75) is 11.5 Å². The molecule has 0 radical (unpaired) electrons. The van der Waals surface area contributed by atoms with Gasteiger partial charge in [-0.3, -0.25) is 4.72 Å². The minimum Gasteiger partial charge on any atom is -0.392 e. The lowest BCUT2D eigenvalue weighted by Gasteiger charge is -2.12. The van der Waals surface area contributed by atoms with Gasteiger partial charge in [-0.2, -0.15) is 5.26 Å². The second-order valence-electron chi connectivity index (χ2n) is 4.17. The Balaban J connectivity index is 2.49. The minimum atomic E-state index is -3.98. The maximum absolute atomic E-state index is 12.4.